The van der Waals surface area contributed by atoms with E-state index in [4.69, 9.17) is 9.47 Å². The third-order valence-corrected chi connectivity index (χ3v) is 3.58. The van der Waals surface area contributed by atoms with Crippen molar-refractivity contribution < 1.29 is 9.47 Å². The van der Waals surface area contributed by atoms with Crippen molar-refractivity contribution in [1.29, 1.82) is 0 Å². The summed E-state index contributed by atoms with van der Waals surface area (Å²) < 4.78 is 12.4. The molecule has 2 aromatic rings. The van der Waals surface area contributed by atoms with Crippen LogP contribution < -0.4 is 14.8 Å². The number of methoxy groups -OCH3 is 2. The van der Waals surface area contributed by atoms with Crippen LogP contribution in [0.3, 0.4) is 0 Å². The second-order valence-corrected chi connectivity index (χ2v) is 4.78. The van der Waals surface area contributed by atoms with E-state index in [2.05, 4.69) is 27.3 Å². The molecule has 1 unspecified atom stereocenters. The fourth-order valence-corrected chi connectivity index (χ4v) is 2.19. The van der Waals surface area contributed by atoms with Crippen LogP contribution in [-0.4, -0.2) is 34.0 Å². The second-order valence-electron chi connectivity index (χ2n) is 4.78. The van der Waals surface area contributed by atoms with Gasteiger partial charge in [0.2, 0.25) is 11.8 Å². The van der Waals surface area contributed by atoms with Gasteiger partial charge in [0.25, 0.3) is 0 Å². The molecule has 2 aromatic heterocycles. The fraction of sp³-hybridized carbons (Fsp3) is 0.500. The lowest BCUT2D eigenvalue weighted by Gasteiger charge is -2.16. The van der Waals surface area contributed by atoms with E-state index in [1.165, 1.54) is 6.33 Å². The molecular weight excluding hydrogens is 270 g/mol. The predicted molar refractivity (Wildman–Crippen MR) is 78.3 cm³/mol. The molecule has 0 aromatic carbocycles. The lowest BCUT2D eigenvalue weighted by atomic mass is 10.1. The smallest absolute Gasteiger partial charge is 0.224 e. The largest absolute Gasteiger partial charge is 0.481 e. The number of hydrogen-bond acceptors (Lipinski definition) is 6. The highest BCUT2D eigenvalue weighted by atomic mass is 16.5. The first-order valence-electron chi connectivity index (χ1n) is 6.72. The monoisotopic (exact) mass is 291 g/mol. The first-order chi connectivity index (χ1) is 10.1. The summed E-state index contributed by atoms with van der Waals surface area (Å²) in [5.41, 5.74) is 3.10. The van der Waals surface area contributed by atoms with E-state index in [1.54, 1.807) is 14.2 Å². The van der Waals surface area contributed by atoms with E-state index in [9.17, 15) is 0 Å². The zero-order valence-electron chi connectivity index (χ0n) is 13.0. The van der Waals surface area contributed by atoms with E-state index in [1.807, 2.05) is 24.9 Å². The SMILES string of the molecule is COc1ncnc(OC)c1CNC(C)c1cnn(C)c1C. The average molecular weight is 291 g/mol. The molecule has 1 atom stereocenters. The summed E-state index contributed by atoms with van der Waals surface area (Å²) in [4.78, 5) is 8.22. The van der Waals surface area contributed by atoms with Gasteiger partial charge in [0.15, 0.2) is 0 Å². The molecule has 0 saturated heterocycles. The van der Waals surface area contributed by atoms with Crippen LogP contribution in [0.5, 0.6) is 11.8 Å². The molecule has 0 radical (unpaired) electrons. The fourth-order valence-electron chi connectivity index (χ4n) is 2.19. The molecule has 0 spiro atoms. The van der Waals surface area contributed by atoms with Gasteiger partial charge in [-0.1, -0.05) is 0 Å². The Morgan fingerprint density at radius 2 is 1.86 bits per heavy atom. The second kappa shape index (κ2) is 6.53. The third-order valence-electron chi connectivity index (χ3n) is 3.58. The molecule has 0 aliphatic carbocycles. The Hall–Kier alpha value is -2.15. The maximum absolute atomic E-state index is 5.27. The molecule has 0 bridgehead atoms. The van der Waals surface area contributed by atoms with E-state index < -0.39 is 0 Å². The van der Waals surface area contributed by atoms with Crippen LogP contribution in [0, 0.1) is 6.92 Å². The van der Waals surface area contributed by atoms with Gasteiger partial charge in [-0.2, -0.15) is 5.10 Å². The molecule has 0 aliphatic heterocycles. The number of rotatable bonds is 6. The summed E-state index contributed by atoms with van der Waals surface area (Å²) in [6.45, 7) is 4.68. The molecule has 2 rings (SSSR count). The number of nitrogens with zero attached hydrogens (tertiary/aromatic N) is 4. The molecule has 114 valence electrons. The molecule has 0 amide bonds. The maximum atomic E-state index is 5.27. The summed E-state index contributed by atoms with van der Waals surface area (Å²) in [7, 11) is 5.10. The maximum Gasteiger partial charge on any atom is 0.224 e. The third kappa shape index (κ3) is 3.13. The van der Waals surface area contributed by atoms with Crippen LogP contribution in [0.15, 0.2) is 12.5 Å². The normalized spacial score (nSPS) is 12.2. The molecule has 7 nitrogen and oxygen atoms in total. The van der Waals surface area contributed by atoms with Crippen molar-refractivity contribution >= 4 is 0 Å². The van der Waals surface area contributed by atoms with Gasteiger partial charge < -0.3 is 14.8 Å². The topological polar surface area (TPSA) is 74.1 Å². The van der Waals surface area contributed by atoms with Gasteiger partial charge in [-0.05, 0) is 13.8 Å². The van der Waals surface area contributed by atoms with Crippen LogP contribution in [0.2, 0.25) is 0 Å². The van der Waals surface area contributed by atoms with Crippen molar-refractivity contribution in [3.63, 3.8) is 0 Å². The van der Waals surface area contributed by atoms with Crippen LogP contribution in [0.25, 0.3) is 0 Å². The lowest BCUT2D eigenvalue weighted by molar-refractivity contribution is 0.357. The van der Waals surface area contributed by atoms with Gasteiger partial charge in [0.1, 0.15) is 6.33 Å². The summed E-state index contributed by atoms with van der Waals surface area (Å²) in [6, 6.07) is 0.147. The van der Waals surface area contributed by atoms with Gasteiger partial charge in [0.05, 0.1) is 26.0 Å². The van der Waals surface area contributed by atoms with Crippen molar-refractivity contribution in [3.05, 3.63) is 29.3 Å². The molecule has 0 aliphatic rings. The van der Waals surface area contributed by atoms with Crippen LogP contribution >= 0.6 is 0 Å². The van der Waals surface area contributed by atoms with Crippen LogP contribution in [-0.2, 0) is 13.6 Å². The average Bonchev–Trinajstić information content (AvgIpc) is 2.84. The molecule has 1 N–H and O–H groups in total. The van der Waals surface area contributed by atoms with E-state index >= 15 is 0 Å². The summed E-state index contributed by atoms with van der Waals surface area (Å²) in [5.74, 6) is 1.04. The van der Waals surface area contributed by atoms with Gasteiger partial charge in [0, 0.05) is 30.9 Å². The quantitative estimate of drug-likeness (QED) is 0.867. The van der Waals surface area contributed by atoms with Crippen molar-refractivity contribution in [2.45, 2.75) is 26.4 Å². The van der Waals surface area contributed by atoms with Gasteiger partial charge in [-0.3, -0.25) is 4.68 Å². The number of ether oxygens (including phenoxy) is 2. The zero-order chi connectivity index (χ0) is 15.4. The van der Waals surface area contributed by atoms with E-state index in [0.717, 1.165) is 16.8 Å². The minimum absolute atomic E-state index is 0.147. The summed E-state index contributed by atoms with van der Waals surface area (Å²) >= 11 is 0. The van der Waals surface area contributed by atoms with Crippen LogP contribution in [0.1, 0.15) is 29.8 Å². The molecule has 2 heterocycles. The number of aromatic nitrogens is 4. The number of nitrogens with one attached hydrogen (secondary N) is 1. The highest BCUT2D eigenvalue weighted by Crippen LogP contribution is 2.24. The summed E-state index contributed by atoms with van der Waals surface area (Å²) in [6.07, 6.45) is 3.30. The predicted octanol–water partition coefficient (Wildman–Crippen LogP) is 1.39. The highest BCUT2D eigenvalue weighted by molar-refractivity contribution is 5.34. The minimum atomic E-state index is 0.147. The van der Waals surface area contributed by atoms with Crippen molar-refractivity contribution in [2.24, 2.45) is 7.05 Å². The lowest BCUT2D eigenvalue weighted by Crippen LogP contribution is -2.20. The highest BCUT2D eigenvalue weighted by Gasteiger charge is 2.16. The van der Waals surface area contributed by atoms with Gasteiger partial charge in [-0.25, -0.2) is 9.97 Å². The molecular formula is C14H21N5O2. The molecule has 7 heteroatoms. The van der Waals surface area contributed by atoms with Crippen molar-refractivity contribution in [3.8, 4) is 11.8 Å². The minimum Gasteiger partial charge on any atom is -0.481 e. The Bertz CT molecular complexity index is 589. The number of hydrogen-bond donors (Lipinski definition) is 1. The van der Waals surface area contributed by atoms with Crippen molar-refractivity contribution in [1.82, 2.24) is 25.1 Å². The van der Waals surface area contributed by atoms with Gasteiger partial charge >= 0.3 is 0 Å². The first-order valence-corrected chi connectivity index (χ1v) is 6.72. The molecule has 0 fully saturated rings. The Kier molecular flexibility index (Phi) is 4.74. The Morgan fingerprint density at radius 1 is 1.24 bits per heavy atom. The Labute approximate surface area is 124 Å². The Morgan fingerprint density at radius 3 is 2.33 bits per heavy atom. The van der Waals surface area contributed by atoms with Gasteiger partial charge in [-0.15, -0.1) is 0 Å². The van der Waals surface area contributed by atoms with Crippen molar-refractivity contribution in [2.75, 3.05) is 14.2 Å². The standard InChI is InChI=1S/C14H21N5O2/c1-9(11-7-18-19(3)10(11)2)15-6-12-13(20-4)16-8-17-14(12)21-5/h7-9,15H,6H2,1-5H3. The first kappa shape index (κ1) is 15.2. The van der Waals surface area contributed by atoms with E-state index in [0.29, 0.717) is 18.3 Å². The van der Waals surface area contributed by atoms with Crippen LogP contribution in [0.4, 0.5) is 0 Å². The Balaban J connectivity index is 2.14. The zero-order valence-corrected chi connectivity index (χ0v) is 13.0. The van der Waals surface area contributed by atoms with E-state index in [-0.39, 0.29) is 6.04 Å². The molecule has 0 saturated carbocycles. The summed E-state index contributed by atoms with van der Waals surface area (Å²) in [5, 5.41) is 7.69. The molecule has 21 heavy (non-hydrogen) atoms. The number of aryl methyl sites for hydroxylation is 1.